The van der Waals surface area contributed by atoms with Crippen LogP contribution in [0, 0.1) is 6.92 Å². The first-order valence-electron chi connectivity index (χ1n) is 9.52. The monoisotopic (exact) mass is 427 g/mol. The van der Waals surface area contributed by atoms with Crippen molar-refractivity contribution < 1.29 is 14.3 Å². The van der Waals surface area contributed by atoms with E-state index in [-0.39, 0.29) is 23.3 Å². The lowest BCUT2D eigenvalue weighted by molar-refractivity contribution is -0.113. The molecule has 158 valence electrons. The fourth-order valence-corrected chi connectivity index (χ4v) is 4.06. The van der Waals surface area contributed by atoms with Crippen molar-refractivity contribution in [2.24, 2.45) is 0 Å². The fraction of sp³-hybridized carbons (Fsp3) is 0.318. The molecule has 0 fully saturated rings. The van der Waals surface area contributed by atoms with Crippen LogP contribution in [-0.2, 0) is 9.53 Å². The molecule has 1 heterocycles. The number of carbonyl (C=O) groups is 1. The molecule has 0 saturated carbocycles. The highest BCUT2D eigenvalue weighted by Crippen LogP contribution is 2.26. The third kappa shape index (κ3) is 4.83. The quantitative estimate of drug-likeness (QED) is 0.436. The molecule has 2 aromatic carbocycles. The van der Waals surface area contributed by atoms with Gasteiger partial charge >= 0.3 is 0 Å². The summed E-state index contributed by atoms with van der Waals surface area (Å²) in [7, 11) is 3.15. The van der Waals surface area contributed by atoms with Gasteiger partial charge in [0.15, 0.2) is 5.16 Å². The van der Waals surface area contributed by atoms with Gasteiger partial charge in [0.1, 0.15) is 5.75 Å². The first-order chi connectivity index (χ1) is 14.4. The van der Waals surface area contributed by atoms with E-state index in [1.165, 1.54) is 11.8 Å². The molecule has 1 atom stereocenters. The Morgan fingerprint density at radius 2 is 2.00 bits per heavy atom. The first kappa shape index (κ1) is 21.9. The summed E-state index contributed by atoms with van der Waals surface area (Å²) >= 11 is 1.22. The standard InChI is InChI=1S/C22H25N3O4S/c1-14-9-10-19(29-4)18(11-14)23-20(26)13-30-22-24-17-8-6-5-7-16(17)21(27)25(22)15(2)12-28-3/h5-11,15H,12-13H2,1-4H3,(H,23,26)/t15-/m0/s1. The number of nitrogens with one attached hydrogen (secondary N) is 1. The van der Waals surface area contributed by atoms with Crippen molar-refractivity contribution in [1.29, 1.82) is 0 Å². The van der Waals surface area contributed by atoms with Gasteiger partial charge in [0.2, 0.25) is 5.91 Å². The summed E-state index contributed by atoms with van der Waals surface area (Å²) in [5.41, 5.74) is 2.08. The minimum absolute atomic E-state index is 0.0988. The second-order valence-electron chi connectivity index (χ2n) is 6.93. The van der Waals surface area contributed by atoms with Gasteiger partial charge in [-0.3, -0.25) is 14.2 Å². The maximum Gasteiger partial charge on any atom is 0.262 e. The number of fused-ring (bicyclic) bond motifs is 1. The lowest BCUT2D eigenvalue weighted by Gasteiger charge is -2.19. The van der Waals surface area contributed by atoms with E-state index in [0.717, 1.165) is 5.56 Å². The van der Waals surface area contributed by atoms with Crippen molar-refractivity contribution in [1.82, 2.24) is 9.55 Å². The van der Waals surface area contributed by atoms with E-state index in [0.29, 0.717) is 34.1 Å². The number of thioether (sulfide) groups is 1. The number of benzene rings is 2. The van der Waals surface area contributed by atoms with Crippen LogP contribution in [0.25, 0.3) is 10.9 Å². The third-order valence-corrected chi connectivity index (χ3v) is 5.54. The van der Waals surface area contributed by atoms with E-state index >= 15 is 0 Å². The second kappa shape index (κ2) is 9.77. The number of hydrogen-bond donors (Lipinski definition) is 1. The van der Waals surface area contributed by atoms with E-state index in [2.05, 4.69) is 10.3 Å². The molecule has 1 N–H and O–H groups in total. The summed E-state index contributed by atoms with van der Waals surface area (Å²) in [6.45, 7) is 4.20. The minimum atomic E-state index is -0.220. The van der Waals surface area contributed by atoms with Gasteiger partial charge in [0.25, 0.3) is 5.56 Å². The van der Waals surface area contributed by atoms with E-state index in [1.54, 1.807) is 30.9 Å². The molecule has 0 aliphatic heterocycles. The Morgan fingerprint density at radius 1 is 1.23 bits per heavy atom. The maximum atomic E-state index is 13.1. The predicted octanol–water partition coefficient (Wildman–Crippen LogP) is 3.65. The molecular formula is C22H25N3O4S. The van der Waals surface area contributed by atoms with Crippen LogP contribution in [0.3, 0.4) is 0 Å². The van der Waals surface area contributed by atoms with Crippen LogP contribution in [0.4, 0.5) is 5.69 Å². The largest absolute Gasteiger partial charge is 0.495 e. The lowest BCUT2D eigenvalue weighted by atomic mass is 10.2. The first-order valence-corrected chi connectivity index (χ1v) is 10.5. The molecule has 0 spiro atoms. The Morgan fingerprint density at radius 3 is 2.73 bits per heavy atom. The number of ether oxygens (including phenoxy) is 2. The number of carbonyl (C=O) groups excluding carboxylic acids is 1. The summed E-state index contributed by atoms with van der Waals surface area (Å²) in [5, 5.41) is 3.90. The van der Waals surface area contributed by atoms with E-state index < -0.39 is 0 Å². The third-order valence-electron chi connectivity index (χ3n) is 4.59. The van der Waals surface area contributed by atoms with E-state index in [4.69, 9.17) is 9.47 Å². The predicted molar refractivity (Wildman–Crippen MR) is 120 cm³/mol. The average molecular weight is 428 g/mol. The molecule has 30 heavy (non-hydrogen) atoms. The average Bonchev–Trinajstić information content (AvgIpc) is 2.72. The molecule has 0 bridgehead atoms. The van der Waals surface area contributed by atoms with Crippen molar-refractivity contribution in [2.75, 3.05) is 31.9 Å². The van der Waals surface area contributed by atoms with Gasteiger partial charge < -0.3 is 14.8 Å². The highest BCUT2D eigenvalue weighted by atomic mass is 32.2. The molecule has 0 radical (unpaired) electrons. The number of aromatic nitrogens is 2. The second-order valence-corrected chi connectivity index (χ2v) is 7.87. The molecule has 0 aliphatic rings. The number of rotatable bonds is 8. The Hall–Kier alpha value is -2.84. The van der Waals surface area contributed by atoms with E-state index in [9.17, 15) is 9.59 Å². The number of anilines is 1. The Kier molecular flexibility index (Phi) is 7.12. The van der Waals surface area contributed by atoms with Gasteiger partial charge in [0.05, 0.1) is 42.1 Å². The Balaban J connectivity index is 1.86. The number of amides is 1. The summed E-state index contributed by atoms with van der Waals surface area (Å²) in [6, 6.07) is 12.6. The highest BCUT2D eigenvalue weighted by Gasteiger charge is 2.18. The number of nitrogens with zero attached hydrogens (tertiary/aromatic N) is 2. The van der Waals surface area contributed by atoms with Gasteiger partial charge in [-0.2, -0.15) is 0 Å². The molecule has 0 unspecified atom stereocenters. The van der Waals surface area contributed by atoms with Crippen LogP contribution < -0.4 is 15.6 Å². The summed E-state index contributed by atoms with van der Waals surface area (Å²) in [6.07, 6.45) is 0. The van der Waals surface area contributed by atoms with Crippen molar-refractivity contribution in [3.05, 3.63) is 58.4 Å². The van der Waals surface area contributed by atoms with E-state index in [1.807, 2.05) is 44.2 Å². The molecule has 1 amide bonds. The van der Waals surface area contributed by atoms with Gasteiger partial charge in [-0.1, -0.05) is 30.0 Å². The van der Waals surface area contributed by atoms with Crippen molar-refractivity contribution in [2.45, 2.75) is 25.0 Å². The summed E-state index contributed by atoms with van der Waals surface area (Å²) in [5.74, 6) is 0.479. The Labute approximate surface area is 179 Å². The number of para-hydroxylation sites is 1. The van der Waals surface area contributed by atoms with Crippen molar-refractivity contribution in [3.63, 3.8) is 0 Å². The molecule has 0 aliphatic carbocycles. The lowest BCUT2D eigenvalue weighted by Crippen LogP contribution is -2.29. The molecule has 3 aromatic rings. The zero-order valence-corrected chi connectivity index (χ0v) is 18.3. The molecule has 0 saturated heterocycles. The van der Waals surface area contributed by atoms with Crippen molar-refractivity contribution in [3.8, 4) is 5.75 Å². The normalized spacial score (nSPS) is 12.0. The van der Waals surface area contributed by atoms with Crippen molar-refractivity contribution >= 4 is 34.3 Å². The number of aryl methyl sites for hydroxylation is 1. The smallest absolute Gasteiger partial charge is 0.262 e. The SMILES string of the molecule is COC[C@H](C)n1c(SCC(=O)Nc2cc(C)ccc2OC)nc2ccccc2c1=O. The van der Waals surface area contributed by atoms with Crippen LogP contribution >= 0.6 is 11.8 Å². The topological polar surface area (TPSA) is 82.4 Å². The minimum Gasteiger partial charge on any atom is -0.495 e. The van der Waals surface area contributed by atoms with Gasteiger partial charge in [0, 0.05) is 7.11 Å². The van der Waals surface area contributed by atoms with Gasteiger partial charge in [-0.25, -0.2) is 4.98 Å². The zero-order valence-electron chi connectivity index (χ0n) is 17.5. The maximum absolute atomic E-state index is 13.1. The number of hydrogen-bond acceptors (Lipinski definition) is 6. The van der Waals surface area contributed by atoms with Gasteiger partial charge in [-0.05, 0) is 43.7 Å². The fourth-order valence-electron chi connectivity index (χ4n) is 3.17. The molecule has 1 aromatic heterocycles. The van der Waals surface area contributed by atoms with Crippen LogP contribution in [0.1, 0.15) is 18.5 Å². The summed E-state index contributed by atoms with van der Waals surface area (Å²) in [4.78, 5) is 30.3. The Bertz CT molecular complexity index is 1110. The van der Waals surface area contributed by atoms with Gasteiger partial charge in [-0.15, -0.1) is 0 Å². The molecule has 8 heteroatoms. The molecule has 3 rings (SSSR count). The zero-order chi connectivity index (χ0) is 21.7. The van der Waals surface area contributed by atoms with Crippen LogP contribution in [0.15, 0.2) is 52.4 Å². The summed E-state index contributed by atoms with van der Waals surface area (Å²) < 4.78 is 12.1. The van der Waals surface area contributed by atoms with Crippen LogP contribution in [0.2, 0.25) is 0 Å². The van der Waals surface area contributed by atoms with Crippen LogP contribution in [-0.4, -0.2) is 42.0 Å². The highest BCUT2D eigenvalue weighted by molar-refractivity contribution is 7.99. The molecular weight excluding hydrogens is 402 g/mol. The molecule has 7 nitrogen and oxygen atoms in total. The number of methoxy groups -OCH3 is 2. The van der Waals surface area contributed by atoms with Crippen LogP contribution in [0.5, 0.6) is 5.75 Å².